The summed E-state index contributed by atoms with van der Waals surface area (Å²) in [5.41, 5.74) is 1.46. The normalized spacial score (nSPS) is 13.5. The highest BCUT2D eigenvalue weighted by atomic mass is 16.2. The quantitative estimate of drug-likeness (QED) is 0.640. The summed E-state index contributed by atoms with van der Waals surface area (Å²) >= 11 is 0. The van der Waals surface area contributed by atoms with Gasteiger partial charge in [0.25, 0.3) is 11.8 Å². The molecule has 0 N–H and O–H groups in total. The van der Waals surface area contributed by atoms with Gasteiger partial charge in [-0.15, -0.1) is 0 Å². The van der Waals surface area contributed by atoms with E-state index < -0.39 is 11.8 Å². The Bertz CT molecular complexity index is 733. The average molecular weight is 280 g/mol. The molecular formula is C16H12N2O3. The number of aromatic nitrogens is 1. The van der Waals surface area contributed by atoms with Crippen LogP contribution in [-0.4, -0.2) is 22.6 Å². The Kier molecular flexibility index (Phi) is 3.10. The Balaban J connectivity index is 2.05. The zero-order chi connectivity index (χ0) is 15.0. The maximum atomic E-state index is 12.4. The molecule has 2 aromatic rings. The Morgan fingerprint density at radius 3 is 2.29 bits per heavy atom. The maximum Gasteiger partial charge on any atom is 0.266 e. The van der Waals surface area contributed by atoms with Crippen LogP contribution in [0.4, 0.5) is 5.69 Å². The van der Waals surface area contributed by atoms with E-state index in [1.54, 1.807) is 31.2 Å². The van der Waals surface area contributed by atoms with Gasteiger partial charge in [-0.25, -0.2) is 4.90 Å². The number of carbonyl (C=O) groups is 3. The smallest absolute Gasteiger partial charge is 0.266 e. The number of benzene rings is 1. The molecule has 0 spiro atoms. The van der Waals surface area contributed by atoms with E-state index in [1.165, 1.54) is 18.5 Å². The van der Waals surface area contributed by atoms with E-state index in [4.69, 9.17) is 0 Å². The van der Waals surface area contributed by atoms with Crippen molar-refractivity contribution in [1.29, 1.82) is 0 Å². The molecular weight excluding hydrogens is 268 g/mol. The number of carbonyl (C=O) groups excluding carboxylic acids is 3. The van der Waals surface area contributed by atoms with E-state index in [0.717, 1.165) is 4.90 Å². The molecule has 0 bridgehead atoms. The molecule has 0 saturated heterocycles. The molecule has 2 heterocycles. The third kappa shape index (κ3) is 2.03. The van der Waals surface area contributed by atoms with Crippen molar-refractivity contribution in [2.24, 2.45) is 0 Å². The fraction of sp³-hybridized carbons (Fsp3) is 0.125. The summed E-state index contributed by atoms with van der Waals surface area (Å²) in [5.74, 6) is -0.863. The van der Waals surface area contributed by atoms with Gasteiger partial charge in [-0.3, -0.25) is 19.4 Å². The van der Waals surface area contributed by atoms with Crippen molar-refractivity contribution in [2.45, 2.75) is 13.3 Å². The van der Waals surface area contributed by atoms with Crippen LogP contribution < -0.4 is 4.90 Å². The number of hydrogen-bond acceptors (Lipinski definition) is 4. The molecule has 1 aromatic carbocycles. The van der Waals surface area contributed by atoms with Crippen molar-refractivity contribution < 1.29 is 14.4 Å². The number of fused-ring (bicyclic) bond motifs is 1. The van der Waals surface area contributed by atoms with Crippen molar-refractivity contribution >= 4 is 23.3 Å². The summed E-state index contributed by atoms with van der Waals surface area (Å²) in [6.45, 7) is 1.75. The molecule has 3 rings (SSSR count). The van der Waals surface area contributed by atoms with E-state index in [1.807, 2.05) is 0 Å². The number of Topliss-reactive ketones (excluding diaryl/α,β-unsaturated/α-hetero) is 1. The fourth-order valence-corrected chi connectivity index (χ4v) is 2.33. The monoisotopic (exact) mass is 280 g/mol. The molecule has 21 heavy (non-hydrogen) atoms. The number of ketones is 1. The van der Waals surface area contributed by atoms with Crippen LogP contribution in [0.2, 0.25) is 0 Å². The summed E-state index contributed by atoms with van der Waals surface area (Å²) in [6, 6.07) is 8.18. The van der Waals surface area contributed by atoms with Gasteiger partial charge in [-0.2, -0.15) is 0 Å². The van der Waals surface area contributed by atoms with Gasteiger partial charge in [0, 0.05) is 18.2 Å². The predicted molar refractivity (Wildman–Crippen MR) is 76.4 cm³/mol. The summed E-state index contributed by atoms with van der Waals surface area (Å²) in [5, 5.41) is 0. The molecule has 2 amide bonds. The van der Waals surface area contributed by atoms with Crippen molar-refractivity contribution in [3.63, 3.8) is 0 Å². The molecule has 0 aliphatic carbocycles. The van der Waals surface area contributed by atoms with Crippen LogP contribution in [-0.2, 0) is 0 Å². The third-order valence-corrected chi connectivity index (χ3v) is 3.42. The van der Waals surface area contributed by atoms with Crippen LogP contribution in [0.25, 0.3) is 0 Å². The van der Waals surface area contributed by atoms with Crippen LogP contribution in [0.15, 0.2) is 42.7 Å². The summed E-state index contributed by atoms with van der Waals surface area (Å²) in [6.07, 6.45) is 3.19. The minimum Gasteiger partial charge on any atom is -0.294 e. The van der Waals surface area contributed by atoms with E-state index in [2.05, 4.69) is 4.98 Å². The lowest BCUT2D eigenvalue weighted by Crippen LogP contribution is -2.29. The summed E-state index contributed by atoms with van der Waals surface area (Å²) in [4.78, 5) is 41.5. The number of rotatable bonds is 3. The summed E-state index contributed by atoms with van der Waals surface area (Å²) < 4.78 is 0. The second-order valence-electron chi connectivity index (χ2n) is 4.70. The molecule has 5 heteroatoms. The van der Waals surface area contributed by atoms with Gasteiger partial charge in [0.05, 0.1) is 23.0 Å². The standard InChI is InChI=1S/C16H12N2O3/c1-2-14(19)10-7-11(9-17-8-10)18-15(20)12-5-3-4-6-13(12)16(18)21/h3-9H,2H2,1H3. The Morgan fingerprint density at radius 1 is 1.10 bits per heavy atom. The zero-order valence-electron chi connectivity index (χ0n) is 11.4. The van der Waals surface area contributed by atoms with Crippen LogP contribution >= 0.6 is 0 Å². The Hall–Kier alpha value is -2.82. The van der Waals surface area contributed by atoms with Gasteiger partial charge in [0.1, 0.15) is 0 Å². The first-order chi connectivity index (χ1) is 10.1. The zero-order valence-corrected chi connectivity index (χ0v) is 11.4. The lowest BCUT2D eigenvalue weighted by Gasteiger charge is -2.14. The second-order valence-corrected chi connectivity index (χ2v) is 4.70. The van der Waals surface area contributed by atoms with Crippen molar-refractivity contribution in [3.05, 3.63) is 59.4 Å². The van der Waals surface area contributed by atoms with E-state index in [9.17, 15) is 14.4 Å². The number of nitrogens with zero attached hydrogens (tertiary/aromatic N) is 2. The van der Waals surface area contributed by atoms with E-state index in [-0.39, 0.29) is 5.78 Å². The van der Waals surface area contributed by atoms with Crippen molar-refractivity contribution in [3.8, 4) is 0 Å². The first kappa shape index (κ1) is 13.2. The van der Waals surface area contributed by atoms with Crippen molar-refractivity contribution in [1.82, 2.24) is 4.98 Å². The minimum atomic E-state index is -0.390. The molecule has 0 radical (unpaired) electrons. The number of amides is 2. The number of anilines is 1. The van der Waals surface area contributed by atoms with Gasteiger partial charge < -0.3 is 0 Å². The largest absolute Gasteiger partial charge is 0.294 e. The highest BCUT2D eigenvalue weighted by molar-refractivity contribution is 6.34. The molecule has 0 saturated carbocycles. The number of imide groups is 1. The highest BCUT2D eigenvalue weighted by Crippen LogP contribution is 2.28. The van der Waals surface area contributed by atoms with Crippen LogP contribution in [0.3, 0.4) is 0 Å². The number of hydrogen-bond donors (Lipinski definition) is 0. The first-order valence-corrected chi connectivity index (χ1v) is 6.59. The maximum absolute atomic E-state index is 12.4. The van der Waals surface area contributed by atoms with Crippen LogP contribution in [0.1, 0.15) is 44.4 Å². The van der Waals surface area contributed by atoms with E-state index in [0.29, 0.717) is 28.8 Å². The Labute approximate surface area is 121 Å². The molecule has 0 unspecified atom stereocenters. The first-order valence-electron chi connectivity index (χ1n) is 6.59. The minimum absolute atomic E-state index is 0.0824. The predicted octanol–water partition coefficient (Wildman–Crippen LogP) is 2.47. The van der Waals surface area contributed by atoms with Crippen LogP contribution in [0.5, 0.6) is 0 Å². The lowest BCUT2D eigenvalue weighted by atomic mass is 10.1. The lowest BCUT2D eigenvalue weighted by molar-refractivity contribution is 0.0922. The third-order valence-electron chi connectivity index (χ3n) is 3.42. The van der Waals surface area contributed by atoms with Crippen molar-refractivity contribution in [2.75, 3.05) is 4.90 Å². The Morgan fingerprint density at radius 2 is 1.71 bits per heavy atom. The average Bonchev–Trinajstić information content (AvgIpc) is 2.78. The topological polar surface area (TPSA) is 67.3 Å². The van der Waals surface area contributed by atoms with Gasteiger partial charge in [0.15, 0.2) is 5.78 Å². The van der Waals surface area contributed by atoms with E-state index >= 15 is 0 Å². The molecule has 0 fully saturated rings. The van der Waals surface area contributed by atoms with Gasteiger partial charge in [-0.05, 0) is 18.2 Å². The van der Waals surface area contributed by atoms with Gasteiger partial charge >= 0.3 is 0 Å². The molecule has 5 nitrogen and oxygen atoms in total. The van der Waals surface area contributed by atoms with Gasteiger partial charge in [0.2, 0.25) is 0 Å². The van der Waals surface area contributed by atoms with Gasteiger partial charge in [-0.1, -0.05) is 19.1 Å². The SMILES string of the molecule is CCC(=O)c1cncc(N2C(=O)c3ccccc3C2=O)c1. The molecule has 0 atom stereocenters. The van der Waals surface area contributed by atoms with Crippen LogP contribution in [0, 0.1) is 0 Å². The molecule has 1 aliphatic heterocycles. The number of pyridine rings is 1. The molecule has 1 aromatic heterocycles. The molecule has 1 aliphatic rings. The second kappa shape index (κ2) is 4.94. The summed E-state index contributed by atoms with van der Waals surface area (Å²) in [7, 11) is 0. The highest BCUT2D eigenvalue weighted by Gasteiger charge is 2.36. The fourth-order valence-electron chi connectivity index (χ4n) is 2.33. The molecule has 104 valence electrons.